The Morgan fingerprint density at radius 1 is 1.69 bits per heavy atom. The van der Waals surface area contributed by atoms with Crippen LogP contribution in [-0.4, -0.2) is 23.0 Å². The van der Waals surface area contributed by atoms with E-state index < -0.39 is 0 Å². The molecule has 0 radical (unpaired) electrons. The van der Waals surface area contributed by atoms with Crippen LogP contribution >= 0.6 is 22.6 Å². The van der Waals surface area contributed by atoms with Crippen LogP contribution < -0.4 is 5.73 Å². The molecule has 1 unspecified atom stereocenters. The van der Waals surface area contributed by atoms with Crippen LogP contribution in [0.4, 0.5) is 5.82 Å². The smallest absolute Gasteiger partial charge is 0.135 e. The van der Waals surface area contributed by atoms with Gasteiger partial charge in [-0.25, -0.2) is 4.68 Å². The van der Waals surface area contributed by atoms with Crippen LogP contribution in [0.1, 0.15) is 18.2 Å². The van der Waals surface area contributed by atoms with Gasteiger partial charge in [-0.2, -0.15) is 5.10 Å². The SMILES string of the molecule is Cc1nn(C2CCOC2)c(N)c1I. The van der Waals surface area contributed by atoms with E-state index in [4.69, 9.17) is 10.5 Å². The van der Waals surface area contributed by atoms with E-state index in [9.17, 15) is 0 Å². The summed E-state index contributed by atoms with van der Waals surface area (Å²) in [6.45, 7) is 3.53. The van der Waals surface area contributed by atoms with Gasteiger partial charge in [0, 0.05) is 6.61 Å². The summed E-state index contributed by atoms with van der Waals surface area (Å²) in [7, 11) is 0. The molecule has 0 saturated carbocycles. The molecule has 13 heavy (non-hydrogen) atoms. The average molecular weight is 293 g/mol. The first-order valence-electron chi connectivity index (χ1n) is 4.28. The third-order valence-electron chi connectivity index (χ3n) is 2.30. The highest BCUT2D eigenvalue weighted by atomic mass is 127. The Labute approximate surface area is 90.6 Å². The molecule has 72 valence electrons. The molecule has 0 aliphatic carbocycles. The zero-order valence-electron chi connectivity index (χ0n) is 7.46. The molecule has 4 nitrogen and oxygen atoms in total. The fourth-order valence-corrected chi connectivity index (χ4v) is 1.89. The minimum Gasteiger partial charge on any atom is -0.383 e. The van der Waals surface area contributed by atoms with Crippen LogP contribution in [0, 0.1) is 10.5 Å². The van der Waals surface area contributed by atoms with E-state index >= 15 is 0 Å². The van der Waals surface area contributed by atoms with Crippen molar-refractivity contribution >= 4 is 28.4 Å². The lowest BCUT2D eigenvalue weighted by Crippen LogP contribution is -2.13. The van der Waals surface area contributed by atoms with Crippen molar-refractivity contribution in [3.63, 3.8) is 0 Å². The minimum absolute atomic E-state index is 0.335. The molecular formula is C8H12IN3O. The second-order valence-corrected chi connectivity index (χ2v) is 4.33. The highest BCUT2D eigenvalue weighted by molar-refractivity contribution is 14.1. The molecule has 1 fully saturated rings. The Morgan fingerprint density at radius 3 is 2.92 bits per heavy atom. The molecule has 0 spiro atoms. The van der Waals surface area contributed by atoms with Gasteiger partial charge in [-0.05, 0) is 35.9 Å². The Bertz CT molecular complexity index is 317. The summed E-state index contributed by atoms with van der Waals surface area (Å²) in [4.78, 5) is 0. The highest BCUT2D eigenvalue weighted by Crippen LogP contribution is 2.26. The van der Waals surface area contributed by atoms with Gasteiger partial charge in [0.1, 0.15) is 5.82 Å². The summed E-state index contributed by atoms with van der Waals surface area (Å²) >= 11 is 2.23. The van der Waals surface area contributed by atoms with Gasteiger partial charge in [0.25, 0.3) is 0 Å². The summed E-state index contributed by atoms with van der Waals surface area (Å²) < 4.78 is 8.25. The van der Waals surface area contributed by atoms with Crippen LogP contribution in [0.2, 0.25) is 0 Å². The summed E-state index contributed by atoms with van der Waals surface area (Å²) in [6.07, 6.45) is 1.02. The summed E-state index contributed by atoms with van der Waals surface area (Å²) in [6, 6.07) is 0.335. The molecule has 1 aromatic rings. The fraction of sp³-hybridized carbons (Fsp3) is 0.625. The number of nitrogens with zero attached hydrogens (tertiary/aromatic N) is 2. The Hall–Kier alpha value is -0.300. The number of aryl methyl sites for hydroxylation is 1. The Kier molecular flexibility index (Phi) is 2.46. The number of nitrogen functional groups attached to an aromatic ring is 1. The Balaban J connectivity index is 2.34. The zero-order valence-corrected chi connectivity index (χ0v) is 9.61. The van der Waals surface area contributed by atoms with Gasteiger partial charge >= 0.3 is 0 Å². The normalized spacial score (nSPS) is 22.5. The van der Waals surface area contributed by atoms with E-state index in [2.05, 4.69) is 27.7 Å². The number of nitrogens with two attached hydrogens (primary N) is 1. The van der Waals surface area contributed by atoms with Crippen LogP contribution in [0.3, 0.4) is 0 Å². The average Bonchev–Trinajstić information content (AvgIpc) is 2.70. The van der Waals surface area contributed by atoms with E-state index in [-0.39, 0.29) is 0 Å². The maximum Gasteiger partial charge on any atom is 0.135 e. The molecule has 2 heterocycles. The maximum absolute atomic E-state index is 5.92. The summed E-state index contributed by atoms with van der Waals surface area (Å²) in [5, 5.41) is 4.40. The van der Waals surface area contributed by atoms with Crippen molar-refractivity contribution in [2.45, 2.75) is 19.4 Å². The second-order valence-electron chi connectivity index (χ2n) is 3.25. The minimum atomic E-state index is 0.335. The van der Waals surface area contributed by atoms with E-state index in [0.717, 1.165) is 34.7 Å². The predicted molar refractivity (Wildman–Crippen MR) is 58.6 cm³/mol. The number of anilines is 1. The first kappa shape index (κ1) is 9.26. The second kappa shape index (κ2) is 3.45. The number of ether oxygens (including phenoxy) is 1. The fourth-order valence-electron chi connectivity index (χ4n) is 1.54. The molecule has 5 heteroatoms. The number of hydrogen-bond donors (Lipinski definition) is 1. The standard InChI is InChI=1S/C8H12IN3O/c1-5-7(9)8(10)12(11-5)6-2-3-13-4-6/h6H,2-4,10H2,1H3. The molecule has 0 bridgehead atoms. The van der Waals surface area contributed by atoms with Gasteiger partial charge < -0.3 is 10.5 Å². The van der Waals surface area contributed by atoms with Crippen LogP contribution in [-0.2, 0) is 4.74 Å². The number of hydrogen-bond acceptors (Lipinski definition) is 3. The summed E-state index contributed by atoms with van der Waals surface area (Å²) in [5.41, 5.74) is 6.93. The molecule has 2 N–H and O–H groups in total. The Morgan fingerprint density at radius 2 is 2.46 bits per heavy atom. The van der Waals surface area contributed by atoms with Gasteiger partial charge in [-0.3, -0.25) is 0 Å². The van der Waals surface area contributed by atoms with Gasteiger partial charge in [-0.1, -0.05) is 0 Å². The highest BCUT2D eigenvalue weighted by Gasteiger charge is 2.22. The lowest BCUT2D eigenvalue weighted by molar-refractivity contribution is 0.185. The third kappa shape index (κ3) is 1.54. The molecule has 1 aliphatic heterocycles. The van der Waals surface area contributed by atoms with Crippen LogP contribution in [0.15, 0.2) is 0 Å². The summed E-state index contributed by atoms with van der Waals surface area (Å²) in [5.74, 6) is 0.772. The lowest BCUT2D eigenvalue weighted by Gasteiger charge is -2.09. The van der Waals surface area contributed by atoms with Crippen molar-refractivity contribution in [3.8, 4) is 0 Å². The van der Waals surface area contributed by atoms with Crippen molar-refractivity contribution in [1.82, 2.24) is 9.78 Å². The maximum atomic E-state index is 5.92. The predicted octanol–water partition coefficient (Wildman–Crippen LogP) is 1.34. The molecular weight excluding hydrogens is 281 g/mol. The van der Waals surface area contributed by atoms with E-state index in [1.165, 1.54) is 0 Å². The lowest BCUT2D eigenvalue weighted by atomic mass is 10.3. The monoisotopic (exact) mass is 293 g/mol. The van der Waals surface area contributed by atoms with Crippen molar-refractivity contribution in [2.24, 2.45) is 0 Å². The van der Waals surface area contributed by atoms with E-state index in [1.54, 1.807) is 0 Å². The van der Waals surface area contributed by atoms with Crippen molar-refractivity contribution in [1.29, 1.82) is 0 Å². The molecule has 1 atom stereocenters. The first-order valence-corrected chi connectivity index (χ1v) is 5.36. The zero-order chi connectivity index (χ0) is 9.42. The van der Waals surface area contributed by atoms with Gasteiger partial charge in [0.2, 0.25) is 0 Å². The molecule has 0 aromatic carbocycles. The van der Waals surface area contributed by atoms with Gasteiger partial charge in [0.15, 0.2) is 0 Å². The third-order valence-corrected chi connectivity index (χ3v) is 3.63. The molecule has 1 saturated heterocycles. The van der Waals surface area contributed by atoms with Crippen LogP contribution in [0.25, 0.3) is 0 Å². The molecule has 0 amide bonds. The van der Waals surface area contributed by atoms with E-state index in [1.807, 2.05) is 11.6 Å². The van der Waals surface area contributed by atoms with Gasteiger partial charge in [-0.15, -0.1) is 0 Å². The molecule has 1 aromatic heterocycles. The van der Waals surface area contributed by atoms with Crippen LogP contribution in [0.5, 0.6) is 0 Å². The largest absolute Gasteiger partial charge is 0.383 e. The van der Waals surface area contributed by atoms with Crippen molar-refractivity contribution < 1.29 is 4.74 Å². The van der Waals surface area contributed by atoms with E-state index in [0.29, 0.717) is 6.04 Å². The number of halogens is 1. The topological polar surface area (TPSA) is 53.1 Å². The van der Waals surface area contributed by atoms with Crippen molar-refractivity contribution in [3.05, 3.63) is 9.26 Å². The number of aromatic nitrogens is 2. The first-order chi connectivity index (χ1) is 6.20. The quantitative estimate of drug-likeness (QED) is 0.795. The molecule has 1 aliphatic rings. The van der Waals surface area contributed by atoms with Gasteiger partial charge in [0.05, 0.1) is 21.9 Å². The van der Waals surface area contributed by atoms with Crippen molar-refractivity contribution in [2.75, 3.05) is 18.9 Å². The molecule has 2 rings (SSSR count). The number of rotatable bonds is 1.